The SMILES string of the molecule is CCOC(=O)Cn1c([S+]([O-])Cc2ccccn2)nc2ccccc21. The van der Waals surface area contributed by atoms with Crippen molar-refractivity contribution in [3.63, 3.8) is 0 Å². The van der Waals surface area contributed by atoms with E-state index in [4.69, 9.17) is 4.74 Å². The van der Waals surface area contributed by atoms with E-state index in [9.17, 15) is 9.35 Å². The second-order valence-electron chi connectivity index (χ2n) is 5.09. The van der Waals surface area contributed by atoms with Crippen LogP contribution in [0.2, 0.25) is 0 Å². The minimum Gasteiger partial charge on any atom is -0.609 e. The lowest BCUT2D eigenvalue weighted by atomic mass is 10.3. The monoisotopic (exact) mass is 343 g/mol. The van der Waals surface area contributed by atoms with E-state index < -0.39 is 11.2 Å². The summed E-state index contributed by atoms with van der Waals surface area (Å²) in [5.41, 5.74) is 2.17. The molecule has 0 amide bonds. The molecule has 0 saturated heterocycles. The Morgan fingerprint density at radius 2 is 2.04 bits per heavy atom. The number of hydrogen-bond acceptors (Lipinski definition) is 5. The molecule has 0 aliphatic carbocycles. The standard InChI is InChI=1S/C17H17N3O3S/c1-2-23-16(21)11-20-15-9-4-3-8-14(15)19-17(20)24(22)12-13-7-5-6-10-18-13/h3-10H,2,11-12H2,1H3. The molecule has 0 aliphatic rings. The average molecular weight is 343 g/mol. The third-order valence-corrected chi connectivity index (χ3v) is 4.70. The maximum Gasteiger partial charge on any atom is 0.326 e. The van der Waals surface area contributed by atoms with Crippen molar-refractivity contribution in [2.24, 2.45) is 0 Å². The van der Waals surface area contributed by atoms with E-state index in [1.807, 2.05) is 42.5 Å². The Morgan fingerprint density at radius 3 is 2.79 bits per heavy atom. The number of nitrogens with zero attached hydrogens (tertiary/aromatic N) is 3. The van der Waals surface area contributed by atoms with Crippen LogP contribution in [0.15, 0.2) is 53.8 Å². The number of ether oxygens (including phenoxy) is 1. The Kier molecular flexibility index (Phi) is 5.12. The molecular weight excluding hydrogens is 326 g/mol. The van der Waals surface area contributed by atoms with Gasteiger partial charge in [-0.25, -0.2) is 0 Å². The van der Waals surface area contributed by atoms with Crippen molar-refractivity contribution in [3.8, 4) is 0 Å². The highest BCUT2D eigenvalue weighted by molar-refractivity contribution is 7.90. The van der Waals surface area contributed by atoms with Crippen LogP contribution in [-0.4, -0.2) is 31.7 Å². The van der Waals surface area contributed by atoms with Crippen LogP contribution in [0.1, 0.15) is 12.6 Å². The van der Waals surface area contributed by atoms with Crippen molar-refractivity contribution in [2.45, 2.75) is 24.4 Å². The van der Waals surface area contributed by atoms with Gasteiger partial charge >= 0.3 is 11.1 Å². The zero-order valence-electron chi connectivity index (χ0n) is 13.2. The normalized spacial score (nSPS) is 12.2. The Balaban J connectivity index is 1.95. The molecule has 0 aliphatic heterocycles. The summed E-state index contributed by atoms with van der Waals surface area (Å²) in [5, 5.41) is 0.356. The van der Waals surface area contributed by atoms with Gasteiger partial charge in [-0.1, -0.05) is 18.2 Å². The van der Waals surface area contributed by atoms with E-state index in [1.165, 1.54) is 0 Å². The molecule has 7 heteroatoms. The van der Waals surface area contributed by atoms with Gasteiger partial charge in [0.2, 0.25) is 0 Å². The van der Waals surface area contributed by atoms with E-state index in [0.717, 1.165) is 5.52 Å². The zero-order valence-corrected chi connectivity index (χ0v) is 14.0. The number of carbonyl (C=O) groups excluding carboxylic acids is 1. The summed E-state index contributed by atoms with van der Waals surface area (Å²) in [6.45, 7) is 2.04. The molecule has 3 rings (SSSR count). The predicted octanol–water partition coefficient (Wildman–Crippen LogP) is 2.30. The first-order valence-electron chi connectivity index (χ1n) is 7.58. The van der Waals surface area contributed by atoms with Gasteiger partial charge in [-0.2, -0.15) is 4.98 Å². The first kappa shape index (κ1) is 16.5. The highest BCUT2D eigenvalue weighted by Crippen LogP contribution is 2.22. The summed E-state index contributed by atoms with van der Waals surface area (Å²) < 4.78 is 19.5. The molecule has 2 heterocycles. The second-order valence-corrected chi connectivity index (χ2v) is 6.43. The first-order valence-corrected chi connectivity index (χ1v) is 8.90. The summed E-state index contributed by atoms with van der Waals surface area (Å²) in [6, 6.07) is 12.9. The third-order valence-electron chi connectivity index (χ3n) is 3.42. The Morgan fingerprint density at radius 1 is 1.25 bits per heavy atom. The van der Waals surface area contributed by atoms with Crippen LogP contribution < -0.4 is 0 Å². The van der Waals surface area contributed by atoms with Crippen LogP contribution >= 0.6 is 0 Å². The number of esters is 1. The van der Waals surface area contributed by atoms with Crippen molar-refractivity contribution < 1.29 is 14.1 Å². The molecule has 0 spiro atoms. The minimum atomic E-state index is -1.42. The number of hydrogen-bond donors (Lipinski definition) is 0. The Labute approximate surface area is 142 Å². The summed E-state index contributed by atoms with van der Waals surface area (Å²) in [7, 11) is 0. The zero-order chi connectivity index (χ0) is 16.9. The Hall–Kier alpha value is -2.38. The van der Waals surface area contributed by atoms with Crippen LogP contribution in [0.5, 0.6) is 0 Å². The molecule has 3 aromatic rings. The van der Waals surface area contributed by atoms with E-state index in [-0.39, 0.29) is 18.3 Å². The number of para-hydroxylation sites is 2. The van der Waals surface area contributed by atoms with Crippen LogP contribution in [0.4, 0.5) is 0 Å². The van der Waals surface area contributed by atoms with Crippen LogP contribution in [0, 0.1) is 0 Å². The lowest BCUT2D eigenvalue weighted by molar-refractivity contribution is -0.143. The van der Waals surface area contributed by atoms with Gasteiger partial charge in [-0.05, 0) is 31.2 Å². The van der Waals surface area contributed by atoms with E-state index >= 15 is 0 Å². The molecular formula is C17H17N3O3S. The van der Waals surface area contributed by atoms with Crippen molar-refractivity contribution in [1.82, 2.24) is 14.5 Å². The van der Waals surface area contributed by atoms with Gasteiger partial charge in [0.25, 0.3) is 0 Å². The number of benzene rings is 1. The van der Waals surface area contributed by atoms with Gasteiger partial charge in [0.05, 0.1) is 23.3 Å². The van der Waals surface area contributed by atoms with Gasteiger partial charge in [0.15, 0.2) is 5.75 Å². The van der Waals surface area contributed by atoms with E-state index in [1.54, 1.807) is 17.7 Å². The van der Waals surface area contributed by atoms with Crippen LogP contribution in [-0.2, 0) is 33.0 Å². The molecule has 6 nitrogen and oxygen atoms in total. The summed E-state index contributed by atoms with van der Waals surface area (Å²) in [4.78, 5) is 20.6. The second kappa shape index (κ2) is 7.46. The molecule has 1 aromatic carbocycles. The quantitative estimate of drug-likeness (QED) is 0.507. The smallest absolute Gasteiger partial charge is 0.326 e. The summed E-state index contributed by atoms with van der Waals surface area (Å²) in [6.07, 6.45) is 1.66. The van der Waals surface area contributed by atoms with Gasteiger partial charge in [-0.3, -0.25) is 14.3 Å². The third kappa shape index (κ3) is 3.58. The van der Waals surface area contributed by atoms with E-state index in [0.29, 0.717) is 23.0 Å². The highest BCUT2D eigenvalue weighted by Gasteiger charge is 2.24. The molecule has 0 radical (unpaired) electrons. The van der Waals surface area contributed by atoms with E-state index in [2.05, 4.69) is 9.97 Å². The molecule has 24 heavy (non-hydrogen) atoms. The average Bonchev–Trinajstić information content (AvgIpc) is 2.95. The molecule has 0 saturated carbocycles. The summed E-state index contributed by atoms with van der Waals surface area (Å²) in [5.74, 6) is -0.135. The Bertz CT molecular complexity index is 835. The highest BCUT2D eigenvalue weighted by atomic mass is 32.2. The summed E-state index contributed by atoms with van der Waals surface area (Å²) >= 11 is -1.42. The predicted molar refractivity (Wildman–Crippen MR) is 90.7 cm³/mol. The van der Waals surface area contributed by atoms with Crippen LogP contribution in [0.25, 0.3) is 11.0 Å². The van der Waals surface area contributed by atoms with Gasteiger partial charge in [0.1, 0.15) is 6.54 Å². The fourth-order valence-corrected chi connectivity index (χ4v) is 3.58. The lowest BCUT2D eigenvalue weighted by Gasteiger charge is -2.11. The van der Waals surface area contributed by atoms with Gasteiger partial charge in [0, 0.05) is 17.4 Å². The minimum absolute atomic E-state index is 0.0162. The van der Waals surface area contributed by atoms with Crippen LogP contribution in [0.3, 0.4) is 0 Å². The van der Waals surface area contributed by atoms with Gasteiger partial charge < -0.3 is 9.29 Å². The number of fused-ring (bicyclic) bond motifs is 1. The maximum absolute atomic E-state index is 12.8. The number of imidazole rings is 1. The molecule has 2 aromatic heterocycles. The van der Waals surface area contributed by atoms with Crippen molar-refractivity contribution in [1.29, 1.82) is 0 Å². The topological polar surface area (TPSA) is 80.1 Å². The van der Waals surface area contributed by atoms with Gasteiger partial charge in [-0.15, -0.1) is 0 Å². The molecule has 0 N–H and O–H groups in total. The molecule has 1 atom stereocenters. The molecule has 1 unspecified atom stereocenters. The molecule has 0 bridgehead atoms. The van der Waals surface area contributed by atoms with Crippen molar-refractivity contribution in [2.75, 3.05) is 6.61 Å². The number of rotatable bonds is 6. The fraction of sp³-hybridized carbons (Fsp3) is 0.235. The number of pyridine rings is 1. The van der Waals surface area contributed by atoms with Crippen molar-refractivity contribution >= 4 is 28.2 Å². The fourth-order valence-electron chi connectivity index (χ4n) is 2.40. The maximum atomic E-state index is 12.8. The van der Waals surface area contributed by atoms with Crippen molar-refractivity contribution in [3.05, 3.63) is 54.4 Å². The first-order chi connectivity index (χ1) is 11.7. The molecule has 0 fully saturated rings. The molecule has 124 valence electrons. The largest absolute Gasteiger partial charge is 0.609 e. The number of carbonyl (C=O) groups is 1. The number of aromatic nitrogens is 3. The lowest BCUT2D eigenvalue weighted by Crippen LogP contribution is -2.19.